The molecule has 5 nitrogen and oxygen atoms in total. The van der Waals surface area contributed by atoms with E-state index in [4.69, 9.17) is 9.47 Å². The fraction of sp³-hybridized carbons (Fsp3) is 0.933. The summed E-state index contributed by atoms with van der Waals surface area (Å²) in [6, 6.07) is 0. The third kappa shape index (κ3) is 9.15. The van der Waals surface area contributed by atoms with Crippen LogP contribution in [0.15, 0.2) is 4.99 Å². The molecule has 0 rings (SSSR count). The fourth-order valence-electron chi connectivity index (χ4n) is 1.83. The van der Waals surface area contributed by atoms with E-state index in [1.165, 1.54) is 0 Å². The SMILES string of the molecule is CCOCCCCNC(=NC)NCC(OC)C(C)(C)C. The number of guanidine groups is 1. The highest BCUT2D eigenvalue weighted by molar-refractivity contribution is 5.79. The van der Waals surface area contributed by atoms with E-state index < -0.39 is 0 Å². The van der Waals surface area contributed by atoms with Crippen LogP contribution in [0.25, 0.3) is 0 Å². The van der Waals surface area contributed by atoms with Crippen LogP contribution in [0.3, 0.4) is 0 Å². The molecule has 120 valence electrons. The van der Waals surface area contributed by atoms with E-state index in [0.29, 0.717) is 0 Å². The lowest BCUT2D eigenvalue weighted by Crippen LogP contribution is -2.45. The summed E-state index contributed by atoms with van der Waals surface area (Å²) in [6.07, 6.45) is 2.30. The summed E-state index contributed by atoms with van der Waals surface area (Å²) in [5.41, 5.74) is 0.109. The highest BCUT2D eigenvalue weighted by Crippen LogP contribution is 2.20. The molecule has 5 heteroatoms. The first-order valence-electron chi connectivity index (χ1n) is 7.50. The van der Waals surface area contributed by atoms with E-state index in [0.717, 1.165) is 45.1 Å². The van der Waals surface area contributed by atoms with Gasteiger partial charge in [-0.15, -0.1) is 0 Å². The molecule has 0 aliphatic carbocycles. The molecular formula is C15H33N3O2. The number of methoxy groups -OCH3 is 1. The van der Waals surface area contributed by atoms with Crippen molar-refractivity contribution in [3.05, 3.63) is 0 Å². The second-order valence-electron chi connectivity index (χ2n) is 5.87. The minimum Gasteiger partial charge on any atom is -0.382 e. The molecule has 0 spiro atoms. The Bertz CT molecular complexity index is 262. The van der Waals surface area contributed by atoms with Gasteiger partial charge in [0.05, 0.1) is 6.10 Å². The van der Waals surface area contributed by atoms with Gasteiger partial charge < -0.3 is 20.1 Å². The number of aliphatic imine (C=N–C) groups is 1. The smallest absolute Gasteiger partial charge is 0.191 e. The van der Waals surface area contributed by atoms with Gasteiger partial charge >= 0.3 is 0 Å². The summed E-state index contributed by atoms with van der Waals surface area (Å²) in [4.78, 5) is 4.22. The Labute approximate surface area is 124 Å². The van der Waals surface area contributed by atoms with Gasteiger partial charge in [-0.1, -0.05) is 20.8 Å². The summed E-state index contributed by atoms with van der Waals surface area (Å²) in [5.74, 6) is 0.827. The summed E-state index contributed by atoms with van der Waals surface area (Å²) >= 11 is 0. The van der Waals surface area contributed by atoms with Gasteiger partial charge in [-0.3, -0.25) is 4.99 Å². The quantitative estimate of drug-likeness (QED) is 0.387. The fourth-order valence-corrected chi connectivity index (χ4v) is 1.83. The van der Waals surface area contributed by atoms with Crippen molar-refractivity contribution in [1.82, 2.24) is 10.6 Å². The van der Waals surface area contributed by atoms with E-state index in [1.807, 2.05) is 6.92 Å². The summed E-state index contributed by atoms with van der Waals surface area (Å²) < 4.78 is 10.8. The van der Waals surface area contributed by atoms with Crippen molar-refractivity contribution in [3.63, 3.8) is 0 Å². The standard InChI is InChI=1S/C15H33N3O2/c1-7-20-11-9-8-10-17-14(16-5)18-12-13(19-6)15(2,3)4/h13H,7-12H2,1-6H3,(H2,16,17,18). The number of hydrogen-bond acceptors (Lipinski definition) is 3. The Morgan fingerprint density at radius 1 is 1.20 bits per heavy atom. The van der Waals surface area contributed by atoms with Crippen LogP contribution in [0.1, 0.15) is 40.5 Å². The molecular weight excluding hydrogens is 254 g/mol. The molecule has 0 aromatic rings. The van der Waals surface area contributed by atoms with Gasteiger partial charge in [-0.05, 0) is 25.2 Å². The zero-order valence-corrected chi connectivity index (χ0v) is 14.1. The first-order chi connectivity index (χ1) is 9.45. The van der Waals surface area contributed by atoms with Gasteiger partial charge in [0.2, 0.25) is 0 Å². The first-order valence-corrected chi connectivity index (χ1v) is 7.50. The Morgan fingerprint density at radius 2 is 1.90 bits per heavy atom. The average Bonchev–Trinajstić information content (AvgIpc) is 2.39. The predicted molar refractivity (Wildman–Crippen MR) is 85.3 cm³/mol. The summed E-state index contributed by atoms with van der Waals surface area (Å²) in [6.45, 7) is 11.8. The second kappa shape index (κ2) is 10.9. The molecule has 2 N–H and O–H groups in total. The van der Waals surface area contributed by atoms with Crippen LogP contribution in [0.5, 0.6) is 0 Å². The molecule has 0 aliphatic heterocycles. The van der Waals surface area contributed by atoms with Crippen LogP contribution in [-0.2, 0) is 9.47 Å². The normalized spacial score (nSPS) is 14.2. The Balaban J connectivity index is 3.88. The molecule has 0 fully saturated rings. The van der Waals surface area contributed by atoms with Crippen molar-refractivity contribution in [3.8, 4) is 0 Å². The average molecular weight is 287 g/mol. The van der Waals surface area contributed by atoms with Crippen LogP contribution in [0, 0.1) is 5.41 Å². The molecule has 0 radical (unpaired) electrons. The molecule has 0 heterocycles. The van der Waals surface area contributed by atoms with Crippen molar-refractivity contribution < 1.29 is 9.47 Å². The van der Waals surface area contributed by atoms with Crippen LogP contribution in [0.4, 0.5) is 0 Å². The molecule has 0 aliphatic rings. The maximum absolute atomic E-state index is 5.52. The molecule has 0 saturated heterocycles. The van der Waals surface area contributed by atoms with Crippen LogP contribution in [-0.4, -0.2) is 52.5 Å². The van der Waals surface area contributed by atoms with Crippen LogP contribution < -0.4 is 10.6 Å². The summed E-state index contributed by atoms with van der Waals surface area (Å²) in [5, 5.41) is 6.62. The van der Waals surface area contributed by atoms with Gasteiger partial charge in [-0.25, -0.2) is 0 Å². The minimum absolute atomic E-state index is 0.109. The van der Waals surface area contributed by atoms with Crippen molar-refractivity contribution >= 4 is 5.96 Å². The molecule has 0 saturated carbocycles. The Morgan fingerprint density at radius 3 is 2.40 bits per heavy atom. The minimum atomic E-state index is 0.109. The molecule has 0 aromatic carbocycles. The molecule has 0 amide bonds. The van der Waals surface area contributed by atoms with E-state index in [2.05, 4.69) is 36.4 Å². The first kappa shape index (κ1) is 19.2. The largest absolute Gasteiger partial charge is 0.382 e. The third-order valence-electron chi connectivity index (χ3n) is 3.14. The van der Waals surface area contributed by atoms with Crippen LogP contribution in [0.2, 0.25) is 0 Å². The maximum Gasteiger partial charge on any atom is 0.191 e. The molecule has 0 bridgehead atoms. The lowest BCUT2D eigenvalue weighted by atomic mass is 9.89. The molecule has 1 unspecified atom stereocenters. The molecule has 0 aromatic heterocycles. The number of nitrogens with zero attached hydrogens (tertiary/aromatic N) is 1. The van der Waals surface area contributed by atoms with E-state index in [1.54, 1.807) is 14.2 Å². The van der Waals surface area contributed by atoms with E-state index >= 15 is 0 Å². The number of hydrogen-bond donors (Lipinski definition) is 2. The molecule has 20 heavy (non-hydrogen) atoms. The Kier molecular flexibility index (Phi) is 10.5. The lowest BCUT2D eigenvalue weighted by molar-refractivity contribution is 0.0205. The van der Waals surface area contributed by atoms with Gasteiger partial charge in [0.15, 0.2) is 5.96 Å². The number of nitrogens with one attached hydrogen (secondary N) is 2. The van der Waals surface area contributed by atoms with Crippen molar-refractivity contribution in [1.29, 1.82) is 0 Å². The van der Waals surface area contributed by atoms with Crippen molar-refractivity contribution in [2.45, 2.75) is 46.6 Å². The topological polar surface area (TPSA) is 54.9 Å². The van der Waals surface area contributed by atoms with E-state index in [9.17, 15) is 0 Å². The number of unbranched alkanes of at least 4 members (excludes halogenated alkanes) is 1. The summed E-state index contributed by atoms with van der Waals surface area (Å²) in [7, 11) is 3.54. The third-order valence-corrected chi connectivity index (χ3v) is 3.14. The highest BCUT2D eigenvalue weighted by Gasteiger charge is 2.24. The van der Waals surface area contributed by atoms with Gasteiger partial charge in [-0.2, -0.15) is 0 Å². The van der Waals surface area contributed by atoms with Gasteiger partial charge in [0, 0.05) is 40.5 Å². The predicted octanol–water partition coefficient (Wildman–Crippen LogP) is 2.03. The monoisotopic (exact) mass is 287 g/mol. The number of rotatable bonds is 9. The zero-order valence-electron chi connectivity index (χ0n) is 14.1. The van der Waals surface area contributed by atoms with Crippen molar-refractivity contribution in [2.24, 2.45) is 10.4 Å². The second-order valence-corrected chi connectivity index (χ2v) is 5.87. The molecule has 1 atom stereocenters. The maximum atomic E-state index is 5.52. The zero-order chi connectivity index (χ0) is 15.4. The van der Waals surface area contributed by atoms with E-state index in [-0.39, 0.29) is 11.5 Å². The van der Waals surface area contributed by atoms with Gasteiger partial charge in [0.1, 0.15) is 0 Å². The van der Waals surface area contributed by atoms with Crippen molar-refractivity contribution in [2.75, 3.05) is 40.5 Å². The highest BCUT2D eigenvalue weighted by atomic mass is 16.5. The van der Waals surface area contributed by atoms with Crippen LogP contribution >= 0.6 is 0 Å². The van der Waals surface area contributed by atoms with Gasteiger partial charge in [0.25, 0.3) is 0 Å². The lowest BCUT2D eigenvalue weighted by Gasteiger charge is -2.30. The Hall–Kier alpha value is -0.810. The number of ether oxygens (including phenoxy) is 2.